The molecule has 2 atom stereocenters. The zero-order chi connectivity index (χ0) is 15.4. The Morgan fingerprint density at radius 1 is 1.48 bits per heavy atom. The van der Waals surface area contributed by atoms with Crippen LogP contribution in [0.25, 0.3) is 0 Å². The standard InChI is InChI=1S/C16H21F2NO2/c1-3-19(10-13-5-4-8-21-13)11(2)16(20)14-7-6-12(17)9-15(14)18/h6-7,9,11,13H,3-5,8,10H2,1-2H3. The van der Waals surface area contributed by atoms with Crippen LogP contribution in [0.15, 0.2) is 18.2 Å². The normalized spacial score (nSPS) is 20.0. The van der Waals surface area contributed by atoms with Gasteiger partial charge in [0, 0.05) is 19.2 Å². The third-order valence-corrected chi connectivity index (χ3v) is 3.99. The Labute approximate surface area is 123 Å². The number of ketones is 1. The average molecular weight is 297 g/mol. The van der Waals surface area contributed by atoms with E-state index in [4.69, 9.17) is 4.74 Å². The fourth-order valence-corrected chi connectivity index (χ4v) is 2.69. The molecule has 5 heteroatoms. The SMILES string of the molecule is CCN(CC1CCCO1)C(C)C(=O)c1ccc(F)cc1F. The van der Waals surface area contributed by atoms with E-state index in [1.54, 1.807) is 6.92 Å². The van der Waals surface area contributed by atoms with Crippen molar-refractivity contribution in [3.63, 3.8) is 0 Å². The quantitative estimate of drug-likeness (QED) is 0.756. The number of Topliss-reactive ketones (excluding diaryl/α,β-unsaturated/α-hetero) is 1. The van der Waals surface area contributed by atoms with Crippen LogP contribution in [0, 0.1) is 11.6 Å². The van der Waals surface area contributed by atoms with Crippen LogP contribution >= 0.6 is 0 Å². The lowest BCUT2D eigenvalue weighted by molar-refractivity contribution is 0.0550. The summed E-state index contributed by atoms with van der Waals surface area (Å²) >= 11 is 0. The first-order valence-electron chi connectivity index (χ1n) is 7.37. The molecular formula is C16H21F2NO2. The summed E-state index contributed by atoms with van der Waals surface area (Å²) in [6.07, 6.45) is 2.16. The Morgan fingerprint density at radius 3 is 2.81 bits per heavy atom. The number of likely N-dealkylation sites (N-methyl/N-ethyl adjacent to an activating group) is 1. The monoisotopic (exact) mass is 297 g/mol. The molecule has 2 unspecified atom stereocenters. The third-order valence-electron chi connectivity index (χ3n) is 3.99. The van der Waals surface area contributed by atoms with Crippen LogP contribution in [0.2, 0.25) is 0 Å². The number of hydrogen-bond donors (Lipinski definition) is 0. The number of ether oxygens (including phenoxy) is 1. The zero-order valence-corrected chi connectivity index (χ0v) is 12.4. The molecule has 0 saturated carbocycles. The van der Waals surface area contributed by atoms with Crippen molar-refractivity contribution in [1.82, 2.24) is 4.90 Å². The number of hydrogen-bond acceptors (Lipinski definition) is 3. The van der Waals surface area contributed by atoms with Crippen molar-refractivity contribution in [2.45, 2.75) is 38.8 Å². The summed E-state index contributed by atoms with van der Waals surface area (Å²) in [7, 11) is 0. The maximum atomic E-state index is 13.7. The Morgan fingerprint density at radius 2 is 2.24 bits per heavy atom. The van der Waals surface area contributed by atoms with Gasteiger partial charge in [-0.05, 0) is 38.4 Å². The molecule has 1 aromatic carbocycles. The van der Waals surface area contributed by atoms with Gasteiger partial charge < -0.3 is 4.74 Å². The lowest BCUT2D eigenvalue weighted by atomic mass is 10.0. The molecule has 1 aliphatic rings. The number of benzene rings is 1. The lowest BCUT2D eigenvalue weighted by Gasteiger charge is -2.29. The fraction of sp³-hybridized carbons (Fsp3) is 0.562. The minimum absolute atomic E-state index is 0.0605. The van der Waals surface area contributed by atoms with Crippen LogP contribution in [-0.4, -0.2) is 42.5 Å². The Bertz CT molecular complexity index is 501. The number of carbonyl (C=O) groups is 1. The third kappa shape index (κ3) is 3.86. The van der Waals surface area contributed by atoms with Gasteiger partial charge in [0.2, 0.25) is 0 Å². The van der Waals surface area contributed by atoms with Gasteiger partial charge in [-0.3, -0.25) is 9.69 Å². The minimum atomic E-state index is -0.806. The zero-order valence-electron chi connectivity index (χ0n) is 12.4. The van der Waals surface area contributed by atoms with Crippen molar-refractivity contribution in [3.8, 4) is 0 Å². The molecule has 1 saturated heterocycles. The van der Waals surface area contributed by atoms with Crippen LogP contribution in [0.1, 0.15) is 37.0 Å². The van der Waals surface area contributed by atoms with Gasteiger partial charge in [-0.1, -0.05) is 6.92 Å². The predicted molar refractivity (Wildman–Crippen MR) is 76.4 cm³/mol. The molecule has 0 bridgehead atoms. The molecule has 0 amide bonds. The highest BCUT2D eigenvalue weighted by Crippen LogP contribution is 2.18. The molecule has 21 heavy (non-hydrogen) atoms. The maximum Gasteiger partial charge on any atom is 0.182 e. The van der Waals surface area contributed by atoms with E-state index in [1.165, 1.54) is 6.07 Å². The van der Waals surface area contributed by atoms with Gasteiger partial charge in [-0.15, -0.1) is 0 Å². The largest absolute Gasteiger partial charge is 0.377 e. The highest BCUT2D eigenvalue weighted by Gasteiger charge is 2.27. The van der Waals surface area contributed by atoms with Crippen molar-refractivity contribution in [2.24, 2.45) is 0 Å². The summed E-state index contributed by atoms with van der Waals surface area (Å²) in [4.78, 5) is 14.4. The molecule has 1 fully saturated rings. The molecule has 0 N–H and O–H groups in total. The summed E-state index contributed by atoms with van der Waals surface area (Å²) < 4.78 is 32.2. The van der Waals surface area contributed by atoms with Gasteiger partial charge in [0.1, 0.15) is 11.6 Å². The van der Waals surface area contributed by atoms with Crippen molar-refractivity contribution >= 4 is 5.78 Å². The highest BCUT2D eigenvalue weighted by molar-refractivity contribution is 6.00. The van der Waals surface area contributed by atoms with Crippen molar-refractivity contribution < 1.29 is 18.3 Å². The van der Waals surface area contributed by atoms with E-state index < -0.39 is 17.7 Å². The lowest BCUT2D eigenvalue weighted by Crippen LogP contribution is -2.43. The Kier molecular flexibility index (Phi) is 5.42. The van der Waals surface area contributed by atoms with E-state index in [2.05, 4.69) is 0 Å². The predicted octanol–water partition coefficient (Wildman–Crippen LogP) is 3.04. The van der Waals surface area contributed by atoms with E-state index >= 15 is 0 Å². The van der Waals surface area contributed by atoms with E-state index in [0.29, 0.717) is 13.1 Å². The number of carbonyl (C=O) groups excluding carboxylic acids is 1. The van der Waals surface area contributed by atoms with Gasteiger partial charge in [0.25, 0.3) is 0 Å². The molecule has 1 aromatic rings. The summed E-state index contributed by atoms with van der Waals surface area (Å²) in [6.45, 7) is 5.81. The van der Waals surface area contributed by atoms with Crippen LogP contribution < -0.4 is 0 Å². The molecular weight excluding hydrogens is 276 g/mol. The van der Waals surface area contributed by atoms with Crippen LogP contribution in [0.4, 0.5) is 8.78 Å². The molecule has 0 spiro atoms. The van der Waals surface area contributed by atoms with E-state index in [9.17, 15) is 13.6 Å². The van der Waals surface area contributed by atoms with E-state index in [-0.39, 0.29) is 17.5 Å². The second-order valence-corrected chi connectivity index (χ2v) is 5.39. The first-order valence-corrected chi connectivity index (χ1v) is 7.37. The van der Waals surface area contributed by atoms with Crippen molar-refractivity contribution in [2.75, 3.05) is 19.7 Å². The number of nitrogens with zero attached hydrogens (tertiary/aromatic N) is 1. The first kappa shape index (κ1) is 16.0. The van der Waals surface area contributed by atoms with Crippen LogP contribution in [0.5, 0.6) is 0 Å². The molecule has 1 aliphatic heterocycles. The number of rotatable bonds is 6. The molecule has 2 rings (SSSR count). The molecule has 0 aliphatic carbocycles. The number of halogens is 2. The first-order chi connectivity index (χ1) is 10.0. The molecule has 1 heterocycles. The van der Waals surface area contributed by atoms with Crippen molar-refractivity contribution in [3.05, 3.63) is 35.4 Å². The summed E-state index contributed by atoms with van der Waals surface area (Å²) in [6, 6.07) is 2.61. The van der Waals surface area contributed by atoms with Gasteiger partial charge in [0.05, 0.1) is 17.7 Å². The van der Waals surface area contributed by atoms with E-state index in [1.807, 2.05) is 11.8 Å². The average Bonchev–Trinajstić information content (AvgIpc) is 2.96. The second kappa shape index (κ2) is 7.09. The summed E-state index contributed by atoms with van der Waals surface area (Å²) in [5.74, 6) is -1.81. The van der Waals surface area contributed by atoms with E-state index in [0.717, 1.165) is 31.6 Å². The van der Waals surface area contributed by atoms with Crippen LogP contribution in [0.3, 0.4) is 0 Å². The minimum Gasteiger partial charge on any atom is -0.377 e. The molecule has 116 valence electrons. The fourth-order valence-electron chi connectivity index (χ4n) is 2.69. The highest BCUT2D eigenvalue weighted by atomic mass is 19.1. The second-order valence-electron chi connectivity index (χ2n) is 5.39. The van der Waals surface area contributed by atoms with Gasteiger partial charge >= 0.3 is 0 Å². The van der Waals surface area contributed by atoms with Gasteiger partial charge in [-0.25, -0.2) is 8.78 Å². The molecule has 3 nitrogen and oxygen atoms in total. The topological polar surface area (TPSA) is 29.5 Å². The summed E-state index contributed by atoms with van der Waals surface area (Å²) in [5, 5.41) is 0. The van der Waals surface area contributed by atoms with Crippen molar-refractivity contribution in [1.29, 1.82) is 0 Å². The Hall–Kier alpha value is -1.33. The van der Waals surface area contributed by atoms with Gasteiger partial charge in [0.15, 0.2) is 5.78 Å². The van der Waals surface area contributed by atoms with Crippen LogP contribution in [-0.2, 0) is 4.74 Å². The van der Waals surface area contributed by atoms with Gasteiger partial charge in [-0.2, -0.15) is 0 Å². The molecule has 0 radical (unpaired) electrons. The smallest absolute Gasteiger partial charge is 0.182 e. The molecule has 0 aromatic heterocycles. The summed E-state index contributed by atoms with van der Waals surface area (Å²) in [5.41, 5.74) is -0.0605. The maximum absolute atomic E-state index is 13.7. The Balaban J connectivity index is 2.08.